The van der Waals surface area contributed by atoms with Gasteiger partial charge in [-0.25, -0.2) is 15.0 Å². The summed E-state index contributed by atoms with van der Waals surface area (Å²) in [6, 6.07) is 15.6. The van der Waals surface area contributed by atoms with Crippen LogP contribution in [0.1, 0.15) is 39.0 Å². The first kappa shape index (κ1) is 23.3. The van der Waals surface area contributed by atoms with Crippen molar-refractivity contribution in [1.82, 2.24) is 34.8 Å². The number of carbonyl (C=O) groups is 1. The van der Waals surface area contributed by atoms with E-state index >= 15 is 0 Å². The number of rotatable bonds is 11. The molecule has 4 N–H and O–H groups in total. The summed E-state index contributed by atoms with van der Waals surface area (Å²) in [6.07, 6.45) is 12.5. The third kappa shape index (κ3) is 6.34. The zero-order valence-electron chi connectivity index (χ0n) is 19.8. The van der Waals surface area contributed by atoms with Crippen molar-refractivity contribution >= 4 is 11.6 Å². The molecule has 0 bridgehead atoms. The maximum atomic E-state index is 12.8. The van der Waals surface area contributed by atoms with Gasteiger partial charge in [0, 0.05) is 61.4 Å². The highest BCUT2D eigenvalue weighted by molar-refractivity contribution is 6.04. The Morgan fingerprint density at radius 3 is 1.78 bits per heavy atom. The van der Waals surface area contributed by atoms with Crippen molar-refractivity contribution in [3.8, 4) is 0 Å². The van der Waals surface area contributed by atoms with Gasteiger partial charge < -0.3 is 20.3 Å². The predicted molar refractivity (Wildman–Crippen MR) is 137 cm³/mol. The Balaban J connectivity index is 1.17. The molecule has 5 aromatic rings. The minimum Gasteiger partial charge on any atom is -0.349 e. The molecule has 0 atom stereocenters. The molecule has 1 amide bonds. The third-order valence-corrected chi connectivity index (χ3v) is 5.90. The fourth-order valence-electron chi connectivity index (χ4n) is 4.04. The molecule has 0 fully saturated rings. The number of imidazole rings is 3. The molecule has 182 valence electrons. The number of benzene rings is 2. The number of nitrogens with one attached hydrogen (secondary N) is 4. The lowest BCUT2D eigenvalue weighted by molar-refractivity contribution is 0.102. The summed E-state index contributed by atoms with van der Waals surface area (Å²) in [7, 11) is 0. The molecule has 0 unspecified atom stereocenters. The van der Waals surface area contributed by atoms with Crippen LogP contribution >= 0.6 is 0 Å². The summed E-state index contributed by atoms with van der Waals surface area (Å²) in [5.41, 5.74) is 3.69. The van der Waals surface area contributed by atoms with E-state index in [1.807, 2.05) is 67.1 Å². The Hall–Kier alpha value is -4.50. The van der Waals surface area contributed by atoms with Crippen LogP contribution in [0.5, 0.6) is 0 Å². The quantitative estimate of drug-likeness (QED) is 0.227. The minimum absolute atomic E-state index is 0.132. The number of aromatic amines is 3. The molecular weight excluding hydrogens is 452 g/mol. The Labute approximate surface area is 209 Å². The molecule has 0 aliphatic rings. The van der Waals surface area contributed by atoms with Crippen LogP contribution in [-0.2, 0) is 32.5 Å². The smallest absolute Gasteiger partial charge is 0.255 e. The summed E-state index contributed by atoms with van der Waals surface area (Å²) >= 11 is 0. The topological polar surface area (TPSA) is 118 Å². The average Bonchev–Trinajstić information content (AvgIpc) is 3.69. The highest BCUT2D eigenvalue weighted by Gasteiger charge is 2.12. The van der Waals surface area contributed by atoms with Gasteiger partial charge in [0.25, 0.3) is 5.91 Å². The van der Waals surface area contributed by atoms with Crippen LogP contribution in [-0.4, -0.2) is 40.7 Å². The summed E-state index contributed by atoms with van der Waals surface area (Å²) in [4.78, 5) is 37.4. The van der Waals surface area contributed by atoms with E-state index < -0.39 is 0 Å². The van der Waals surface area contributed by atoms with Crippen molar-refractivity contribution in [2.45, 2.75) is 32.5 Å². The fourth-order valence-corrected chi connectivity index (χ4v) is 4.04. The van der Waals surface area contributed by atoms with Crippen molar-refractivity contribution in [3.63, 3.8) is 0 Å². The lowest BCUT2D eigenvalue weighted by atomic mass is 10.1. The van der Waals surface area contributed by atoms with E-state index in [-0.39, 0.29) is 5.91 Å². The molecule has 3 aromatic heterocycles. The van der Waals surface area contributed by atoms with Crippen LogP contribution in [0.2, 0.25) is 0 Å². The van der Waals surface area contributed by atoms with E-state index in [2.05, 4.69) is 40.1 Å². The molecule has 0 aliphatic carbocycles. The van der Waals surface area contributed by atoms with E-state index in [0.717, 1.165) is 41.6 Å². The number of nitrogens with zero attached hydrogens (tertiary/aromatic N) is 4. The molecule has 9 heteroatoms. The second kappa shape index (κ2) is 11.3. The first-order valence-corrected chi connectivity index (χ1v) is 11.9. The zero-order valence-corrected chi connectivity index (χ0v) is 19.8. The lowest BCUT2D eigenvalue weighted by Crippen LogP contribution is -2.23. The van der Waals surface area contributed by atoms with Crippen molar-refractivity contribution in [1.29, 1.82) is 0 Å². The van der Waals surface area contributed by atoms with Gasteiger partial charge in [-0.15, -0.1) is 0 Å². The molecule has 9 nitrogen and oxygen atoms in total. The molecule has 3 heterocycles. The largest absolute Gasteiger partial charge is 0.349 e. The van der Waals surface area contributed by atoms with Gasteiger partial charge in [-0.05, 0) is 41.8 Å². The van der Waals surface area contributed by atoms with Crippen LogP contribution in [0.25, 0.3) is 0 Å². The molecule has 0 aliphatic heterocycles. The number of H-pyrrole nitrogens is 3. The molecular formula is C27H28N8O. The second-order valence-corrected chi connectivity index (χ2v) is 8.60. The number of anilines is 1. The predicted octanol–water partition coefficient (Wildman–Crippen LogP) is 4.10. The maximum absolute atomic E-state index is 12.8. The average molecular weight is 481 g/mol. The van der Waals surface area contributed by atoms with Gasteiger partial charge in [0.1, 0.15) is 17.5 Å². The fraction of sp³-hybridized carbons (Fsp3) is 0.185. The summed E-state index contributed by atoms with van der Waals surface area (Å²) < 4.78 is 0. The number of hydrogen-bond acceptors (Lipinski definition) is 5. The van der Waals surface area contributed by atoms with Crippen LogP contribution in [0.15, 0.2) is 85.7 Å². The van der Waals surface area contributed by atoms with Crippen LogP contribution in [0.3, 0.4) is 0 Å². The lowest BCUT2D eigenvalue weighted by Gasteiger charge is -2.20. The van der Waals surface area contributed by atoms with Gasteiger partial charge >= 0.3 is 0 Å². The highest BCUT2D eigenvalue weighted by Crippen LogP contribution is 2.15. The SMILES string of the molecule is O=C(Nc1ccc(CCc2ncc[nH]2)cc1)c1ccc(CN(Cc2ncc[nH]2)Cc2ncc[nH]2)cc1. The van der Waals surface area contributed by atoms with E-state index in [9.17, 15) is 4.79 Å². The molecule has 2 aromatic carbocycles. The number of aryl methyl sites for hydroxylation is 2. The molecule has 0 saturated heterocycles. The second-order valence-electron chi connectivity index (χ2n) is 8.60. The van der Waals surface area contributed by atoms with E-state index in [0.29, 0.717) is 25.2 Å². The van der Waals surface area contributed by atoms with Crippen molar-refractivity contribution in [2.24, 2.45) is 0 Å². The van der Waals surface area contributed by atoms with Gasteiger partial charge in [-0.1, -0.05) is 24.3 Å². The normalized spacial score (nSPS) is 11.1. The standard InChI is InChI=1S/C27H28N8O/c36-27(34-23-8-3-20(4-9-23)5-10-24-28-11-12-29-24)22-6-1-21(2-7-22)17-35(18-25-30-13-14-31-25)19-26-32-15-16-33-26/h1-4,6-9,11-16H,5,10,17-19H2,(H,28,29)(H,30,31)(H,32,33)(H,34,36). The zero-order chi connectivity index (χ0) is 24.6. The van der Waals surface area contributed by atoms with Crippen molar-refractivity contribution in [2.75, 3.05) is 5.32 Å². The first-order valence-electron chi connectivity index (χ1n) is 11.9. The highest BCUT2D eigenvalue weighted by atomic mass is 16.1. The van der Waals surface area contributed by atoms with Crippen molar-refractivity contribution in [3.05, 3.63) is 120 Å². The van der Waals surface area contributed by atoms with E-state index in [1.54, 1.807) is 18.6 Å². The molecule has 0 radical (unpaired) electrons. The van der Waals surface area contributed by atoms with Crippen LogP contribution in [0.4, 0.5) is 5.69 Å². The van der Waals surface area contributed by atoms with Gasteiger partial charge in [0.05, 0.1) is 13.1 Å². The van der Waals surface area contributed by atoms with Gasteiger partial charge in [0.2, 0.25) is 0 Å². The third-order valence-electron chi connectivity index (χ3n) is 5.90. The first-order chi connectivity index (χ1) is 17.7. The number of aromatic nitrogens is 6. The summed E-state index contributed by atoms with van der Waals surface area (Å²) in [5, 5.41) is 2.98. The molecule has 36 heavy (non-hydrogen) atoms. The molecule has 5 rings (SSSR count). The van der Waals surface area contributed by atoms with Gasteiger partial charge in [-0.2, -0.15) is 0 Å². The Morgan fingerprint density at radius 2 is 1.22 bits per heavy atom. The maximum Gasteiger partial charge on any atom is 0.255 e. The van der Waals surface area contributed by atoms with Crippen molar-refractivity contribution < 1.29 is 4.79 Å². The van der Waals surface area contributed by atoms with Crippen LogP contribution < -0.4 is 5.32 Å². The van der Waals surface area contributed by atoms with Gasteiger partial charge in [-0.3, -0.25) is 9.69 Å². The van der Waals surface area contributed by atoms with E-state index in [1.165, 1.54) is 5.56 Å². The Kier molecular flexibility index (Phi) is 7.29. The minimum atomic E-state index is -0.132. The summed E-state index contributed by atoms with van der Waals surface area (Å²) in [5.74, 6) is 2.63. The van der Waals surface area contributed by atoms with Crippen LogP contribution in [0, 0.1) is 0 Å². The Bertz CT molecular complexity index is 1290. The Morgan fingerprint density at radius 1 is 0.667 bits per heavy atom. The van der Waals surface area contributed by atoms with Gasteiger partial charge in [0.15, 0.2) is 0 Å². The molecule has 0 spiro atoms. The number of hydrogen-bond donors (Lipinski definition) is 4. The molecule has 0 saturated carbocycles. The monoisotopic (exact) mass is 480 g/mol. The summed E-state index contributed by atoms with van der Waals surface area (Å²) in [6.45, 7) is 2.02. The number of carbonyl (C=O) groups excluding carboxylic acids is 1. The van der Waals surface area contributed by atoms with E-state index in [4.69, 9.17) is 0 Å². The number of amides is 1.